The van der Waals surface area contributed by atoms with Gasteiger partial charge in [0.05, 0.1) is 22.7 Å². The number of hydrogen-bond acceptors (Lipinski definition) is 5. The summed E-state index contributed by atoms with van der Waals surface area (Å²) in [5.41, 5.74) is 1.30. The van der Waals surface area contributed by atoms with Crippen molar-refractivity contribution in [2.24, 2.45) is 0 Å². The van der Waals surface area contributed by atoms with Crippen LogP contribution in [0.4, 0.5) is 11.4 Å². The third kappa shape index (κ3) is 5.15. The summed E-state index contributed by atoms with van der Waals surface area (Å²) in [6, 6.07) is 9.89. The Kier molecular flexibility index (Phi) is 5.57. The number of para-hydroxylation sites is 2. The Morgan fingerprint density at radius 2 is 1.85 bits per heavy atom. The van der Waals surface area contributed by atoms with Crippen molar-refractivity contribution in [2.45, 2.75) is 0 Å². The first-order chi connectivity index (χ1) is 12.8. The number of anilines is 2. The van der Waals surface area contributed by atoms with Crippen molar-refractivity contribution in [2.75, 3.05) is 29.5 Å². The number of amides is 1. The van der Waals surface area contributed by atoms with Gasteiger partial charge in [-0.3, -0.25) is 9.52 Å². The second-order valence-electron chi connectivity index (χ2n) is 5.77. The monoisotopic (exact) mass is 408 g/mol. The molecule has 1 amide bonds. The SMILES string of the molecule is CS(=O)(=O)Nc1ccccc1NC(=O)/C=C\c1cc(Cl)c2c(c1)OCCO2. The van der Waals surface area contributed by atoms with Crippen LogP contribution in [0.2, 0.25) is 5.02 Å². The highest BCUT2D eigenvalue weighted by molar-refractivity contribution is 7.92. The van der Waals surface area contributed by atoms with E-state index < -0.39 is 15.9 Å². The van der Waals surface area contributed by atoms with Crippen molar-refractivity contribution in [1.82, 2.24) is 0 Å². The lowest BCUT2D eigenvalue weighted by molar-refractivity contribution is -0.111. The van der Waals surface area contributed by atoms with E-state index in [9.17, 15) is 13.2 Å². The van der Waals surface area contributed by atoms with Crippen LogP contribution in [0.1, 0.15) is 5.56 Å². The number of halogens is 1. The molecule has 0 bridgehead atoms. The quantitative estimate of drug-likeness (QED) is 0.741. The molecule has 0 aromatic heterocycles. The van der Waals surface area contributed by atoms with Crippen LogP contribution in [0.15, 0.2) is 42.5 Å². The Labute approximate surface area is 162 Å². The first-order valence-corrected chi connectivity index (χ1v) is 10.2. The normalized spacial score (nSPS) is 13.4. The number of carbonyl (C=O) groups excluding carboxylic acids is 1. The third-order valence-electron chi connectivity index (χ3n) is 3.53. The topological polar surface area (TPSA) is 93.7 Å². The average Bonchev–Trinajstić information content (AvgIpc) is 2.60. The molecule has 2 aromatic carbocycles. The van der Waals surface area contributed by atoms with Gasteiger partial charge in [-0.05, 0) is 35.9 Å². The molecule has 0 radical (unpaired) electrons. The molecule has 0 fully saturated rings. The molecule has 0 saturated heterocycles. The van der Waals surface area contributed by atoms with E-state index in [0.29, 0.717) is 41.0 Å². The molecule has 7 nitrogen and oxygen atoms in total. The lowest BCUT2D eigenvalue weighted by atomic mass is 10.1. The zero-order valence-corrected chi connectivity index (χ0v) is 15.9. The summed E-state index contributed by atoms with van der Waals surface area (Å²) < 4.78 is 36.2. The van der Waals surface area contributed by atoms with Gasteiger partial charge in [-0.15, -0.1) is 0 Å². The predicted octanol–water partition coefficient (Wildman–Crippen LogP) is 3.13. The Morgan fingerprint density at radius 3 is 2.59 bits per heavy atom. The molecule has 1 aliphatic rings. The largest absolute Gasteiger partial charge is 0.486 e. The number of sulfonamides is 1. The van der Waals surface area contributed by atoms with Gasteiger partial charge in [0.25, 0.3) is 0 Å². The van der Waals surface area contributed by atoms with Crippen molar-refractivity contribution in [3.05, 3.63) is 53.1 Å². The standard InChI is InChI=1S/C18H17ClN2O5S/c1-27(23,24)21-15-5-3-2-4-14(15)20-17(22)7-6-12-10-13(19)18-16(11-12)25-8-9-26-18/h2-7,10-11,21H,8-9H2,1H3,(H,20,22)/b7-6-. The van der Waals surface area contributed by atoms with E-state index in [1.54, 1.807) is 42.5 Å². The summed E-state index contributed by atoms with van der Waals surface area (Å²) in [6.07, 6.45) is 3.93. The smallest absolute Gasteiger partial charge is 0.248 e. The minimum atomic E-state index is -3.46. The van der Waals surface area contributed by atoms with E-state index >= 15 is 0 Å². The van der Waals surface area contributed by atoms with Gasteiger partial charge in [-0.2, -0.15) is 0 Å². The van der Waals surface area contributed by atoms with Crippen LogP contribution in [-0.2, 0) is 14.8 Å². The van der Waals surface area contributed by atoms with E-state index in [2.05, 4.69) is 10.0 Å². The molecule has 142 valence electrons. The summed E-state index contributed by atoms with van der Waals surface area (Å²) in [5, 5.41) is 3.04. The van der Waals surface area contributed by atoms with Crippen LogP contribution >= 0.6 is 11.6 Å². The molecule has 1 aliphatic heterocycles. The highest BCUT2D eigenvalue weighted by Gasteiger charge is 2.16. The van der Waals surface area contributed by atoms with Crippen molar-refractivity contribution < 1.29 is 22.7 Å². The highest BCUT2D eigenvalue weighted by Crippen LogP contribution is 2.38. The second kappa shape index (κ2) is 7.89. The van der Waals surface area contributed by atoms with Gasteiger partial charge in [-0.25, -0.2) is 8.42 Å². The maximum absolute atomic E-state index is 12.2. The van der Waals surface area contributed by atoms with Gasteiger partial charge < -0.3 is 14.8 Å². The first-order valence-electron chi connectivity index (χ1n) is 7.97. The lowest BCUT2D eigenvalue weighted by Gasteiger charge is -2.19. The lowest BCUT2D eigenvalue weighted by Crippen LogP contribution is -2.15. The zero-order chi connectivity index (χ0) is 19.4. The van der Waals surface area contributed by atoms with Crippen LogP contribution in [0, 0.1) is 0 Å². The van der Waals surface area contributed by atoms with Gasteiger partial charge in [0.15, 0.2) is 11.5 Å². The molecule has 0 aliphatic carbocycles. The molecular weight excluding hydrogens is 392 g/mol. The van der Waals surface area contributed by atoms with E-state index in [4.69, 9.17) is 21.1 Å². The molecule has 3 rings (SSSR count). The molecule has 0 unspecified atom stereocenters. The van der Waals surface area contributed by atoms with Crippen molar-refractivity contribution in [1.29, 1.82) is 0 Å². The second-order valence-corrected chi connectivity index (χ2v) is 7.92. The Balaban J connectivity index is 1.74. The van der Waals surface area contributed by atoms with Gasteiger partial charge in [-0.1, -0.05) is 23.7 Å². The number of hydrogen-bond donors (Lipinski definition) is 2. The predicted molar refractivity (Wildman–Crippen MR) is 105 cm³/mol. The highest BCUT2D eigenvalue weighted by atomic mass is 35.5. The fourth-order valence-electron chi connectivity index (χ4n) is 2.45. The van der Waals surface area contributed by atoms with Crippen LogP contribution < -0.4 is 19.5 Å². The van der Waals surface area contributed by atoms with Crippen LogP contribution in [0.5, 0.6) is 11.5 Å². The van der Waals surface area contributed by atoms with Crippen LogP contribution in [-0.4, -0.2) is 33.8 Å². The maximum Gasteiger partial charge on any atom is 0.248 e. The zero-order valence-electron chi connectivity index (χ0n) is 14.4. The van der Waals surface area contributed by atoms with Gasteiger partial charge >= 0.3 is 0 Å². The van der Waals surface area contributed by atoms with Gasteiger partial charge in [0, 0.05) is 6.08 Å². The number of carbonyl (C=O) groups is 1. The molecule has 9 heteroatoms. The van der Waals surface area contributed by atoms with E-state index in [1.165, 1.54) is 6.08 Å². The Bertz CT molecular complexity index is 1000. The molecular formula is C18H17ClN2O5S. The summed E-state index contributed by atoms with van der Waals surface area (Å²) in [5.74, 6) is 0.588. The molecule has 2 aromatic rings. The third-order valence-corrected chi connectivity index (χ3v) is 4.40. The molecule has 0 spiro atoms. The average molecular weight is 409 g/mol. The van der Waals surface area contributed by atoms with Crippen molar-refractivity contribution in [3.8, 4) is 11.5 Å². The number of benzene rings is 2. The number of rotatable bonds is 5. The summed E-state index contributed by atoms with van der Waals surface area (Å²) in [4.78, 5) is 12.2. The van der Waals surface area contributed by atoms with Crippen molar-refractivity contribution in [3.63, 3.8) is 0 Å². The molecule has 2 N–H and O–H groups in total. The van der Waals surface area contributed by atoms with Crippen molar-refractivity contribution >= 4 is 45.0 Å². The Hall–Kier alpha value is -2.71. The summed E-state index contributed by atoms with van der Waals surface area (Å²) >= 11 is 6.17. The minimum Gasteiger partial charge on any atom is -0.486 e. The van der Waals surface area contributed by atoms with Crippen LogP contribution in [0.3, 0.4) is 0 Å². The van der Waals surface area contributed by atoms with Gasteiger partial charge in [0.2, 0.25) is 15.9 Å². The van der Waals surface area contributed by atoms with E-state index in [-0.39, 0.29) is 5.69 Å². The fourth-order valence-corrected chi connectivity index (χ4v) is 3.31. The fraction of sp³-hybridized carbons (Fsp3) is 0.167. The Morgan fingerprint density at radius 1 is 1.15 bits per heavy atom. The molecule has 1 heterocycles. The number of fused-ring (bicyclic) bond motifs is 1. The van der Waals surface area contributed by atoms with E-state index in [0.717, 1.165) is 6.26 Å². The first kappa shape index (κ1) is 19.1. The van der Waals surface area contributed by atoms with E-state index in [1.807, 2.05) is 0 Å². The van der Waals surface area contributed by atoms with Gasteiger partial charge in [0.1, 0.15) is 13.2 Å². The molecule has 0 atom stereocenters. The minimum absolute atomic E-state index is 0.282. The number of ether oxygens (including phenoxy) is 2. The summed E-state index contributed by atoms with van der Waals surface area (Å²) in [7, 11) is -3.46. The van der Waals surface area contributed by atoms with Crippen LogP contribution in [0.25, 0.3) is 6.08 Å². The number of nitrogens with one attached hydrogen (secondary N) is 2. The molecule has 27 heavy (non-hydrogen) atoms. The summed E-state index contributed by atoms with van der Waals surface area (Å²) in [6.45, 7) is 0.867. The molecule has 0 saturated carbocycles. The maximum atomic E-state index is 12.2.